The molecule has 4 heteroatoms. The molecule has 0 spiro atoms. The molecule has 1 aliphatic carbocycles. The number of aryl methyl sites for hydroxylation is 3. The van der Waals surface area contributed by atoms with Crippen LogP contribution < -0.4 is 4.80 Å². The number of amides is 1. The summed E-state index contributed by atoms with van der Waals surface area (Å²) in [7, 11) is 2.00. The number of benzene rings is 2. The highest BCUT2D eigenvalue weighted by molar-refractivity contribution is 7.09. The fourth-order valence-electron chi connectivity index (χ4n) is 3.25. The summed E-state index contributed by atoms with van der Waals surface area (Å²) in [5.41, 5.74) is 5.55. The second kappa shape index (κ2) is 5.87. The normalized spacial score (nSPS) is 13.5. The largest absolute Gasteiger partial charge is 0.319 e. The minimum Gasteiger partial charge on any atom is -0.319 e. The van der Waals surface area contributed by atoms with E-state index in [0.717, 1.165) is 23.2 Å². The van der Waals surface area contributed by atoms with Gasteiger partial charge < -0.3 is 4.57 Å². The van der Waals surface area contributed by atoms with E-state index < -0.39 is 0 Å². The van der Waals surface area contributed by atoms with Crippen molar-refractivity contribution in [3.63, 3.8) is 0 Å². The van der Waals surface area contributed by atoms with Crippen LogP contribution in [0.3, 0.4) is 0 Å². The molecule has 0 N–H and O–H groups in total. The third-order valence-electron chi connectivity index (χ3n) is 4.46. The van der Waals surface area contributed by atoms with Crippen molar-refractivity contribution in [3.05, 3.63) is 74.9 Å². The summed E-state index contributed by atoms with van der Waals surface area (Å²) in [6.07, 6.45) is 2.06. The molecule has 0 aliphatic heterocycles. The van der Waals surface area contributed by atoms with Crippen LogP contribution in [0.5, 0.6) is 0 Å². The minimum atomic E-state index is -0.179. The van der Waals surface area contributed by atoms with Crippen LogP contribution in [0.4, 0.5) is 0 Å². The van der Waals surface area contributed by atoms with Crippen molar-refractivity contribution in [1.82, 2.24) is 4.57 Å². The van der Waals surface area contributed by atoms with Gasteiger partial charge in [0, 0.05) is 23.1 Å². The monoisotopic (exact) mass is 334 g/mol. The number of hydrogen-bond donors (Lipinski definition) is 0. The first kappa shape index (κ1) is 15.1. The Bertz CT molecular complexity index is 1010. The van der Waals surface area contributed by atoms with Gasteiger partial charge in [0.1, 0.15) is 0 Å². The predicted octanol–water partition coefficient (Wildman–Crippen LogP) is 3.90. The third-order valence-corrected chi connectivity index (χ3v) is 5.65. The Morgan fingerprint density at radius 2 is 1.96 bits per heavy atom. The Labute approximate surface area is 144 Å². The van der Waals surface area contributed by atoms with Crippen LogP contribution in [0.25, 0.3) is 11.3 Å². The van der Waals surface area contributed by atoms with E-state index in [9.17, 15) is 4.79 Å². The summed E-state index contributed by atoms with van der Waals surface area (Å²) in [5, 5.41) is 0. The van der Waals surface area contributed by atoms with Gasteiger partial charge in [0.2, 0.25) is 0 Å². The smallest absolute Gasteiger partial charge is 0.279 e. The molecule has 1 amide bonds. The predicted molar refractivity (Wildman–Crippen MR) is 97.2 cm³/mol. The maximum absolute atomic E-state index is 12.5. The molecule has 0 radical (unpaired) electrons. The molecular formula is C20H18N2OS. The highest BCUT2D eigenvalue weighted by atomic mass is 32.1. The molecule has 1 heterocycles. The van der Waals surface area contributed by atoms with Gasteiger partial charge in [0.05, 0.1) is 5.69 Å². The van der Waals surface area contributed by atoms with E-state index in [2.05, 4.69) is 33.8 Å². The Hall–Kier alpha value is -2.46. The van der Waals surface area contributed by atoms with Crippen LogP contribution in [-0.2, 0) is 19.9 Å². The van der Waals surface area contributed by atoms with Gasteiger partial charge in [-0.2, -0.15) is 4.99 Å². The molecule has 120 valence electrons. The zero-order chi connectivity index (χ0) is 16.7. The van der Waals surface area contributed by atoms with Gasteiger partial charge in [0.25, 0.3) is 5.91 Å². The van der Waals surface area contributed by atoms with Crippen LogP contribution >= 0.6 is 11.3 Å². The van der Waals surface area contributed by atoms with E-state index in [1.165, 1.54) is 21.7 Å². The van der Waals surface area contributed by atoms with Gasteiger partial charge in [-0.15, -0.1) is 11.3 Å². The summed E-state index contributed by atoms with van der Waals surface area (Å²) < 4.78 is 2.06. The molecule has 4 rings (SSSR count). The highest BCUT2D eigenvalue weighted by Gasteiger charge is 2.21. The first-order valence-corrected chi connectivity index (χ1v) is 8.88. The molecule has 1 aromatic heterocycles. The second-order valence-corrected chi connectivity index (χ2v) is 7.22. The zero-order valence-corrected chi connectivity index (χ0v) is 14.6. The topological polar surface area (TPSA) is 34.4 Å². The Kier molecular flexibility index (Phi) is 3.69. The van der Waals surface area contributed by atoms with Crippen molar-refractivity contribution in [2.24, 2.45) is 12.0 Å². The molecular weight excluding hydrogens is 316 g/mol. The van der Waals surface area contributed by atoms with E-state index in [1.54, 1.807) is 11.3 Å². The lowest BCUT2D eigenvalue weighted by molar-refractivity contribution is 0.0998. The van der Waals surface area contributed by atoms with Crippen LogP contribution in [0.15, 0.2) is 53.5 Å². The molecule has 0 saturated heterocycles. The molecule has 3 aromatic rings. The summed E-state index contributed by atoms with van der Waals surface area (Å²) in [5.74, 6) is -0.179. The molecule has 0 saturated carbocycles. The van der Waals surface area contributed by atoms with Crippen LogP contribution in [-0.4, -0.2) is 10.5 Å². The number of fused-ring (bicyclic) bond motifs is 3. The molecule has 0 unspecified atom stereocenters. The van der Waals surface area contributed by atoms with Gasteiger partial charge in [-0.1, -0.05) is 42.0 Å². The zero-order valence-electron chi connectivity index (χ0n) is 13.7. The molecule has 0 bridgehead atoms. The Morgan fingerprint density at radius 3 is 2.79 bits per heavy atom. The third kappa shape index (κ3) is 2.53. The molecule has 2 aromatic carbocycles. The van der Waals surface area contributed by atoms with Crippen molar-refractivity contribution in [2.75, 3.05) is 0 Å². The number of thiazole rings is 1. The maximum Gasteiger partial charge on any atom is 0.279 e. The SMILES string of the molecule is Cc1cccc(C(=O)N=c2sc3c(n2C)-c2ccccc2CC3)c1. The van der Waals surface area contributed by atoms with Gasteiger partial charge in [-0.05, 0) is 37.5 Å². The number of aromatic nitrogens is 1. The van der Waals surface area contributed by atoms with E-state index in [-0.39, 0.29) is 5.91 Å². The van der Waals surface area contributed by atoms with E-state index >= 15 is 0 Å². The van der Waals surface area contributed by atoms with Crippen molar-refractivity contribution in [1.29, 1.82) is 0 Å². The van der Waals surface area contributed by atoms with E-state index in [1.807, 2.05) is 38.2 Å². The first-order chi connectivity index (χ1) is 11.6. The standard InChI is InChI=1S/C20H18N2OS/c1-13-6-5-8-15(12-13)19(23)21-20-22(2)18-16-9-4-3-7-14(16)10-11-17(18)24-20/h3-9,12H,10-11H2,1-2H3. The van der Waals surface area contributed by atoms with E-state index in [4.69, 9.17) is 0 Å². The fourth-order valence-corrected chi connectivity index (χ4v) is 4.38. The number of carbonyl (C=O) groups excluding carboxylic acids is 1. The molecule has 0 atom stereocenters. The second-order valence-electron chi connectivity index (χ2n) is 6.16. The summed E-state index contributed by atoms with van der Waals surface area (Å²) >= 11 is 1.63. The van der Waals surface area contributed by atoms with Crippen molar-refractivity contribution in [2.45, 2.75) is 19.8 Å². The van der Waals surface area contributed by atoms with E-state index in [0.29, 0.717) is 5.56 Å². The Balaban J connectivity index is 1.82. The Morgan fingerprint density at radius 1 is 1.12 bits per heavy atom. The van der Waals surface area contributed by atoms with Crippen molar-refractivity contribution in [3.8, 4) is 11.3 Å². The molecule has 24 heavy (non-hydrogen) atoms. The van der Waals surface area contributed by atoms with Gasteiger partial charge >= 0.3 is 0 Å². The number of hydrogen-bond acceptors (Lipinski definition) is 2. The molecule has 0 fully saturated rings. The van der Waals surface area contributed by atoms with Gasteiger partial charge in [-0.3, -0.25) is 4.79 Å². The summed E-state index contributed by atoms with van der Waals surface area (Å²) in [6, 6.07) is 16.1. The van der Waals surface area contributed by atoms with Crippen LogP contribution in [0, 0.1) is 6.92 Å². The van der Waals surface area contributed by atoms with Crippen LogP contribution in [0.1, 0.15) is 26.4 Å². The first-order valence-electron chi connectivity index (χ1n) is 8.06. The van der Waals surface area contributed by atoms with Crippen LogP contribution in [0.2, 0.25) is 0 Å². The van der Waals surface area contributed by atoms with Crippen molar-refractivity contribution < 1.29 is 4.79 Å². The van der Waals surface area contributed by atoms with Gasteiger partial charge in [-0.25, -0.2) is 0 Å². The van der Waals surface area contributed by atoms with Gasteiger partial charge in [0.15, 0.2) is 4.80 Å². The average Bonchev–Trinajstić information content (AvgIpc) is 2.91. The number of carbonyl (C=O) groups is 1. The maximum atomic E-state index is 12.5. The number of rotatable bonds is 1. The highest BCUT2D eigenvalue weighted by Crippen LogP contribution is 2.34. The lowest BCUT2D eigenvalue weighted by Gasteiger charge is -2.16. The molecule has 1 aliphatic rings. The lowest BCUT2D eigenvalue weighted by atomic mass is 9.93. The summed E-state index contributed by atoms with van der Waals surface area (Å²) in [4.78, 5) is 19.0. The number of nitrogens with zero attached hydrogens (tertiary/aromatic N) is 2. The lowest BCUT2D eigenvalue weighted by Crippen LogP contribution is -2.15. The quantitative estimate of drug-likeness (QED) is 0.664. The van der Waals surface area contributed by atoms with Crippen molar-refractivity contribution >= 4 is 17.2 Å². The fraction of sp³-hybridized carbons (Fsp3) is 0.200. The summed E-state index contributed by atoms with van der Waals surface area (Å²) in [6.45, 7) is 1.98. The average molecular weight is 334 g/mol. The minimum absolute atomic E-state index is 0.179. The molecule has 3 nitrogen and oxygen atoms in total.